The molecule has 1 aromatic heterocycles. The van der Waals surface area contributed by atoms with Crippen LogP contribution in [0.15, 0.2) is 38.8 Å². The number of thioether (sulfide) groups is 1. The quantitative estimate of drug-likeness (QED) is 0.679. The minimum Gasteiger partial charge on any atom is -0.350 e. The van der Waals surface area contributed by atoms with E-state index in [9.17, 15) is 18.0 Å². The number of carbonyl (C=O) groups is 2. The first kappa shape index (κ1) is 21.6. The van der Waals surface area contributed by atoms with Crippen LogP contribution in [-0.2, 0) is 26.2 Å². The summed E-state index contributed by atoms with van der Waals surface area (Å²) < 4.78 is 28.2. The lowest BCUT2D eigenvalue weighted by atomic mass is 10.2. The van der Waals surface area contributed by atoms with E-state index in [-0.39, 0.29) is 34.9 Å². The van der Waals surface area contributed by atoms with Crippen molar-refractivity contribution in [2.45, 2.75) is 27.8 Å². The van der Waals surface area contributed by atoms with Gasteiger partial charge in [0.15, 0.2) is 0 Å². The molecule has 7 nitrogen and oxygen atoms in total. The van der Waals surface area contributed by atoms with Crippen LogP contribution in [0.4, 0.5) is 5.69 Å². The van der Waals surface area contributed by atoms with E-state index in [1.165, 1.54) is 27.0 Å². The number of hydrogen-bond acceptors (Lipinski definition) is 6. The molecule has 0 atom stereocenters. The van der Waals surface area contributed by atoms with Crippen molar-refractivity contribution in [1.82, 2.24) is 9.62 Å². The predicted molar refractivity (Wildman–Crippen MR) is 119 cm³/mol. The van der Waals surface area contributed by atoms with Crippen molar-refractivity contribution < 1.29 is 18.0 Å². The van der Waals surface area contributed by atoms with Gasteiger partial charge in [-0.05, 0) is 30.5 Å². The minimum absolute atomic E-state index is 0.170. The molecule has 0 unspecified atom stereocenters. The number of hydrogen-bond donors (Lipinski definition) is 1. The Labute approximate surface area is 188 Å². The monoisotopic (exact) mass is 485 g/mol. The first-order chi connectivity index (χ1) is 14.4. The van der Waals surface area contributed by atoms with Crippen LogP contribution in [-0.4, -0.2) is 49.9 Å². The first-order valence-corrected chi connectivity index (χ1v) is 13.1. The summed E-state index contributed by atoms with van der Waals surface area (Å²) in [5.74, 6) is -0.381. The van der Waals surface area contributed by atoms with Crippen LogP contribution in [0, 0.1) is 0 Å². The van der Waals surface area contributed by atoms with Crippen LogP contribution in [0.2, 0.25) is 5.02 Å². The third-order valence-corrected chi connectivity index (χ3v) is 10.1. The first-order valence-electron chi connectivity index (χ1n) is 9.43. The summed E-state index contributed by atoms with van der Waals surface area (Å²) >= 11 is 8.59. The molecule has 1 aromatic carbocycles. The number of halogens is 1. The van der Waals surface area contributed by atoms with Gasteiger partial charge < -0.3 is 10.2 Å². The third-order valence-electron chi connectivity index (χ3n) is 4.97. The molecule has 3 heterocycles. The number of benzene rings is 1. The lowest BCUT2D eigenvalue weighted by Crippen LogP contribution is -2.42. The predicted octanol–water partition coefficient (Wildman–Crippen LogP) is 2.94. The minimum atomic E-state index is -3.57. The van der Waals surface area contributed by atoms with E-state index in [0.717, 1.165) is 34.0 Å². The van der Waals surface area contributed by atoms with Crippen LogP contribution in [0.1, 0.15) is 18.4 Å². The Bertz CT molecular complexity index is 1080. The van der Waals surface area contributed by atoms with Crippen LogP contribution in [0.5, 0.6) is 0 Å². The number of rotatable bonds is 6. The van der Waals surface area contributed by atoms with Gasteiger partial charge in [-0.25, -0.2) is 8.42 Å². The highest BCUT2D eigenvalue weighted by atomic mass is 35.5. The summed E-state index contributed by atoms with van der Waals surface area (Å²) in [5, 5.41) is 3.33. The maximum absolute atomic E-state index is 12.9. The molecule has 4 rings (SSSR count). The average Bonchev–Trinajstić information content (AvgIpc) is 3.40. The number of fused-ring (bicyclic) bond motifs is 1. The smallest absolute Gasteiger partial charge is 0.252 e. The van der Waals surface area contributed by atoms with Gasteiger partial charge in [0.05, 0.1) is 15.6 Å². The molecule has 2 amide bonds. The van der Waals surface area contributed by atoms with E-state index in [0.29, 0.717) is 23.8 Å². The van der Waals surface area contributed by atoms with Gasteiger partial charge in [0.1, 0.15) is 10.8 Å². The molecule has 0 radical (unpaired) electrons. The Balaban J connectivity index is 1.50. The van der Waals surface area contributed by atoms with E-state index >= 15 is 0 Å². The molecule has 0 saturated carbocycles. The molecule has 2 aliphatic rings. The van der Waals surface area contributed by atoms with Crippen molar-refractivity contribution in [2.24, 2.45) is 0 Å². The zero-order valence-corrected chi connectivity index (χ0v) is 19.2. The molecule has 11 heteroatoms. The molecule has 2 aromatic rings. The highest BCUT2D eigenvalue weighted by Crippen LogP contribution is 2.44. The largest absolute Gasteiger partial charge is 0.350 e. The fourth-order valence-corrected chi connectivity index (χ4v) is 8.00. The fraction of sp³-hybridized carbons (Fsp3) is 0.368. The van der Waals surface area contributed by atoms with Crippen LogP contribution in [0.25, 0.3) is 0 Å². The van der Waals surface area contributed by atoms with Crippen LogP contribution in [0.3, 0.4) is 0 Å². The molecule has 0 bridgehead atoms. The zero-order chi connectivity index (χ0) is 21.3. The number of thiophene rings is 1. The average molecular weight is 486 g/mol. The third kappa shape index (κ3) is 4.38. The summed E-state index contributed by atoms with van der Waals surface area (Å²) in [6.07, 6.45) is 1.71. The standard InChI is InChI=1S/C19H20ClN3O4S3/c20-14-6-2-1-5-13(14)10-21-16(24)11-23-15-9-18(29-19(15)28-12-17(23)25)30(26,27)22-7-3-4-8-22/h1-2,5-6,9H,3-4,7-8,10-12H2,(H,21,24). The molecular formula is C19H20ClN3O4S3. The summed E-state index contributed by atoms with van der Waals surface area (Å²) in [4.78, 5) is 26.3. The van der Waals surface area contributed by atoms with E-state index < -0.39 is 10.0 Å². The number of nitrogens with zero attached hydrogens (tertiary/aromatic N) is 2. The van der Waals surface area contributed by atoms with Crippen molar-refractivity contribution >= 4 is 62.2 Å². The number of anilines is 1. The fourth-order valence-electron chi connectivity index (χ4n) is 3.37. The highest BCUT2D eigenvalue weighted by Gasteiger charge is 2.34. The van der Waals surface area contributed by atoms with Gasteiger partial charge in [0.25, 0.3) is 10.0 Å². The number of carbonyl (C=O) groups excluding carboxylic acids is 2. The van der Waals surface area contributed by atoms with Crippen molar-refractivity contribution in [1.29, 1.82) is 0 Å². The van der Waals surface area contributed by atoms with Gasteiger partial charge in [-0.2, -0.15) is 4.31 Å². The Hall–Kier alpha value is -1.59. The van der Waals surface area contributed by atoms with Gasteiger partial charge in [0.2, 0.25) is 11.8 Å². The summed E-state index contributed by atoms with van der Waals surface area (Å²) in [5.41, 5.74) is 1.27. The molecular weight excluding hydrogens is 466 g/mol. The Morgan fingerprint density at radius 2 is 1.93 bits per heavy atom. The van der Waals surface area contributed by atoms with Gasteiger partial charge in [-0.3, -0.25) is 9.59 Å². The van der Waals surface area contributed by atoms with Gasteiger partial charge in [-0.1, -0.05) is 29.8 Å². The number of sulfonamides is 1. The second-order valence-corrected chi connectivity index (χ2v) is 11.9. The second kappa shape index (κ2) is 8.88. The molecule has 1 saturated heterocycles. The zero-order valence-electron chi connectivity index (χ0n) is 16.0. The van der Waals surface area contributed by atoms with Crippen LogP contribution < -0.4 is 10.2 Å². The molecule has 30 heavy (non-hydrogen) atoms. The van der Waals surface area contributed by atoms with E-state index in [4.69, 9.17) is 11.6 Å². The number of nitrogens with one attached hydrogen (secondary N) is 1. The molecule has 0 aliphatic carbocycles. The maximum atomic E-state index is 12.9. The lowest BCUT2D eigenvalue weighted by Gasteiger charge is -2.25. The van der Waals surface area contributed by atoms with Crippen molar-refractivity contribution in [2.75, 3.05) is 30.3 Å². The summed E-state index contributed by atoms with van der Waals surface area (Å²) in [6, 6.07) is 8.73. The van der Waals surface area contributed by atoms with Crippen molar-refractivity contribution in [3.05, 3.63) is 40.9 Å². The highest BCUT2D eigenvalue weighted by molar-refractivity contribution is 8.02. The Morgan fingerprint density at radius 3 is 2.67 bits per heavy atom. The SMILES string of the molecule is O=C(CN1C(=O)CSc2sc(S(=O)(=O)N3CCCC3)cc21)NCc1ccccc1Cl. The lowest BCUT2D eigenvalue weighted by molar-refractivity contribution is -0.123. The summed E-state index contributed by atoms with van der Waals surface area (Å²) in [7, 11) is -3.57. The Kier molecular flexibility index (Phi) is 6.40. The van der Waals surface area contributed by atoms with E-state index in [1.807, 2.05) is 18.2 Å². The molecule has 1 N–H and O–H groups in total. The van der Waals surface area contributed by atoms with Crippen molar-refractivity contribution in [3.8, 4) is 0 Å². The topological polar surface area (TPSA) is 86.8 Å². The maximum Gasteiger partial charge on any atom is 0.252 e. The molecule has 0 spiro atoms. The van der Waals surface area contributed by atoms with Gasteiger partial charge in [0, 0.05) is 24.7 Å². The Morgan fingerprint density at radius 1 is 1.20 bits per heavy atom. The summed E-state index contributed by atoms with van der Waals surface area (Å²) in [6.45, 7) is 1.12. The second-order valence-electron chi connectivity index (χ2n) is 6.99. The molecule has 1 fully saturated rings. The van der Waals surface area contributed by atoms with Crippen LogP contribution >= 0.6 is 34.7 Å². The molecule has 160 valence electrons. The number of amides is 2. The van der Waals surface area contributed by atoms with E-state index in [1.54, 1.807) is 6.07 Å². The molecule has 2 aliphatic heterocycles. The van der Waals surface area contributed by atoms with Crippen molar-refractivity contribution in [3.63, 3.8) is 0 Å². The van der Waals surface area contributed by atoms with Gasteiger partial charge in [-0.15, -0.1) is 23.1 Å². The van der Waals surface area contributed by atoms with Gasteiger partial charge >= 0.3 is 0 Å². The van der Waals surface area contributed by atoms with E-state index in [2.05, 4.69) is 5.32 Å². The normalized spacial score (nSPS) is 17.2.